The molecule has 0 saturated heterocycles. The van der Waals surface area contributed by atoms with Crippen LogP contribution in [0.4, 0.5) is 5.69 Å². The number of nitrogens with one attached hydrogen (secondary N) is 1. The van der Waals surface area contributed by atoms with Gasteiger partial charge in [-0.15, -0.1) is 0 Å². The van der Waals surface area contributed by atoms with Gasteiger partial charge in [-0.25, -0.2) is 0 Å². The number of anilines is 1. The Kier molecular flexibility index (Phi) is 4.83. The Morgan fingerprint density at radius 3 is 2.89 bits per heavy atom. The summed E-state index contributed by atoms with van der Waals surface area (Å²) in [5.41, 5.74) is 3.33. The first-order valence-electron chi connectivity index (χ1n) is 6.41. The number of halogens is 1. The highest BCUT2D eigenvalue weighted by Crippen LogP contribution is 2.24. The van der Waals surface area contributed by atoms with Crippen LogP contribution < -0.4 is 5.32 Å². The summed E-state index contributed by atoms with van der Waals surface area (Å²) in [4.78, 5) is 0. The largest absolute Gasteiger partial charge is 0.384 e. The van der Waals surface area contributed by atoms with Gasteiger partial charge in [-0.1, -0.05) is 11.6 Å². The summed E-state index contributed by atoms with van der Waals surface area (Å²) in [7, 11) is 0. The molecule has 0 aliphatic heterocycles. The van der Waals surface area contributed by atoms with Gasteiger partial charge in [-0.05, 0) is 66.2 Å². The van der Waals surface area contributed by atoms with Crippen molar-refractivity contribution in [1.82, 2.24) is 0 Å². The highest BCUT2D eigenvalue weighted by molar-refractivity contribution is 9.10. The lowest BCUT2D eigenvalue weighted by Gasteiger charge is -2.14. The number of allylic oxidation sites excluding steroid dienone is 1. The molecule has 0 bridgehead atoms. The van der Waals surface area contributed by atoms with E-state index in [1.807, 2.05) is 18.2 Å². The summed E-state index contributed by atoms with van der Waals surface area (Å²) in [5.74, 6) is 0. The highest BCUT2D eigenvalue weighted by atomic mass is 79.9. The normalized spacial score (nSPS) is 14.8. The van der Waals surface area contributed by atoms with E-state index in [2.05, 4.69) is 33.4 Å². The van der Waals surface area contributed by atoms with Gasteiger partial charge in [0.1, 0.15) is 0 Å². The summed E-state index contributed by atoms with van der Waals surface area (Å²) in [5, 5.41) is 12.2. The molecule has 1 aliphatic rings. The first-order valence-corrected chi connectivity index (χ1v) is 7.20. The molecule has 0 heterocycles. The maximum atomic E-state index is 8.80. The van der Waals surface area contributed by atoms with Crippen molar-refractivity contribution in [2.24, 2.45) is 0 Å². The molecule has 0 radical (unpaired) electrons. The first-order chi connectivity index (χ1) is 8.79. The highest BCUT2D eigenvalue weighted by Gasteiger charge is 2.04. The second kappa shape index (κ2) is 6.61. The molecule has 0 fully saturated rings. The van der Waals surface area contributed by atoms with Crippen molar-refractivity contribution in [1.29, 1.82) is 5.26 Å². The van der Waals surface area contributed by atoms with Crippen LogP contribution in [0, 0.1) is 11.3 Å². The molecule has 2 nitrogen and oxygen atoms in total. The Morgan fingerprint density at radius 1 is 1.33 bits per heavy atom. The van der Waals surface area contributed by atoms with Crippen LogP contribution in [0.1, 0.15) is 37.7 Å². The van der Waals surface area contributed by atoms with Crippen LogP contribution in [0.5, 0.6) is 0 Å². The van der Waals surface area contributed by atoms with Crippen LogP contribution >= 0.6 is 15.9 Å². The molecule has 3 heteroatoms. The van der Waals surface area contributed by atoms with Crippen LogP contribution in [0.15, 0.2) is 34.3 Å². The first kappa shape index (κ1) is 13.2. The number of benzene rings is 1. The predicted octanol–water partition coefficient (Wildman–Crippen LogP) is 4.62. The zero-order chi connectivity index (χ0) is 12.8. The summed E-state index contributed by atoms with van der Waals surface area (Å²) in [6, 6.07) is 7.78. The quantitative estimate of drug-likeness (QED) is 0.824. The predicted molar refractivity (Wildman–Crippen MR) is 78.5 cm³/mol. The van der Waals surface area contributed by atoms with Crippen LogP contribution in [0.2, 0.25) is 0 Å². The van der Waals surface area contributed by atoms with Gasteiger partial charge in [-0.3, -0.25) is 0 Å². The van der Waals surface area contributed by atoms with E-state index in [0.717, 1.165) is 23.1 Å². The van der Waals surface area contributed by atoms with Crippen molar-refractivity contribution in [3.05, 3.63) is 39.9 Å². The molecule has 0 saturated carbocycles. The van der Waals surface area contributed by atoms with Gasteiger partial charge in [0.2, 0.25) is 0 Å². The smallest absolute Gasteiger partial charge is 0.0992 e. The van der Waals surface area contributed by atoms with Crippen LogP contribution in [-0.2, 0) is 0 Å². The van der Waals surface area contributed by atoms with Gasteiger partial charge < -0.3 is 5.32 Å². The second-order valence-corrected chi connectivity index (χ2v) is 5.45. The zero-order valence-electron chi connectivity index (χ0n) is 10.4. The Morgan fingerprint density at radius 2 is 2.22 bits per heavy atom. The third kappa shape index (κ3) is 3.61. The minimum atomic E-state index is 0.683. The molecule has 94 valence electrons. The molecule has 1 aromatic carbocycles. The molecular formula is C15H17BrN2. The minimum absolute atomic E-state index is 0.683. The van der Waals surface area contributed by atoms with Gasteiger partial charge >= 0.3 is 0 Å². The van der Waals surface area contributed by atoms with Crippen LogP contribution in [0.25, 0.3) is 0 Å². The number of rotatable bonds is 4. The van der Waals surface area contributed by atoms with Crippen LogP contribution in [0.3, 0.4) is 0 Å². The standard InChI is InChI=1S/C15H17BrN2/c16-14-10-13(11-17)6-7-15(14)18-9-8-12-4-2-1-3-5-12/h4,6-7,10,18H,1-3,5,8-9H2. The van der Waals surface area contributed by atoms with Crippen molar-refractivity contribution in [2.45, 2.75) is 32.1 Å². The molecular weight excluding hydrogens is 288 g/mol. The maximum Gasteiger partial charge on any atom is 0.0992 e. The summed E-state index contributed by atoms with van der Waals surface area (Å²) < 4.78 is 0.958. The SMILES string of the molecule is N#Cc1ccc(NCCC2=CCCCC2)c(Br)c1. The number of hydrogen-bond acceptors (Lipinski definition) is 2. The van der Waals surface area contributed by atoms with Gasteiger partial charge in [0.05, 0.1) is 11.6 Å². The van der Waals surface area contributed by atoms with E-state index < -0.39 is 0 Å². The third-order valence-electron chi connectivity index (χ3n) is 3.24. The summed E-state index contributed by atoms with van der Waals surface area (Å²) in [6.07, 6.45) is 8.70. The summed E-state index contributed by atoms with van der Waals surface area (Å²) in [6.45, 7) is 0.955. The zero-order valence-corrected chi connectivity index (χ0v) is 12.0. The topological polar surface area (TPSA) is 35.8 Å². The van der Waals surface area contributed by atoms with E-state index in [4.69, 9.17) is 5.26 Å². The molecule has 1 aliphatic carbocycles. The van der Waals surface area contributed by atoms with E-state index in [0.29, 0.717) is 5.56 Å². The van der Waals surface area contributed by atoms with Crippen molar-refractivity contribution in [3.8, 4) is 6.07 Å². The number of nitrogens with zero attached hydrogens (tertiary/aromatic N) is 1. The number of hydrogen-bond donors (Lipinski definition) is 1. The molecule has 0 aromatic heterocycles. The fourth-order valence-corrected chi connectivity index (χ4v) is 2.74. The van der Waals surface area contributed by atoms with Gasteiger partial charge in [0.15, 0.2) is 0 Å². The van der Waals surface area contributed by atoms with Gasteiger partial charge in [0.25, 0.3) is 0 Å². The average molecular weight is 305 g/mol. The number of nitriles is 1. The molecule has 0 amide bonds. The fraction of sp³-hybridized carbons (Fsp3) is 0.400. The molecule has 1 aromatic rings. The minimum Gasteiger partial charge on any atom is -0.384 e. The Labute approximate surface area is 117 Å². The Hall–Kier alpha value is -1.27. The van der Waals surface area contributed by atoms with Crippen molar-refractivity contribution in [2.75, 3.05) is 11.9 Å². The van der Waals surface area contributed by atoms with Gasteiger partial charge in [0, 0.05) is 16.7 Å². The molecule has 0 spiro atoms. The Bertz CT molecular complexity index is 486. The lowest BCUT2D eigenvalue weighted by Crippen LogP contribution is -2.05. The monoisotopic (exact) mass is 304 g/mol. The molecule has 18 heavy (non-hydrogen) atoms. The van der Waals surface area contributed by atoms with Crippen molar-refractivity contribution < 1.29 is 0 Å². The lowest BCUT2D eigenvalue weighted by atomic mass is 9.97. The van der Waals surface area contributed by atoms with E-state index in [-0.39, 0.29) is 0 Å². The van der Waals surface area contributed by atoms with Crippen molar-refractivity contribution in [3.63, 3.8) is 0 Å². The van der Waals surface area contributed by atoms with Gasteiger partial charge in [-0.2, -0.15) is 5.26 Å². The maximum absolute atomic E-state index is 8.80. The fourth-order valence-electron chi connectivity index (χ4n) is 2.22. The van der Waals surface area contributed by atoms with E-state index in [9.17, 15) is 0 Å². The van der Waals surface area contributed by atoms with Crippen LogP contribution in [-0.4, -0.2) is 6.54 Å². The molecule has 1 N–H and O–H groups in total. The second-order valence-electron chi connectivity index (χ2n) is 4.59. The van der Waals surface area contributed by atoms with E-state index >= 15 is 0 Å². The lowest BCUT2D eigenvalue weighted by molar-refractivity contribution is 0.679. The average Bonchev–Trinajstić information content (AvgIpc) is 2.42. The van der Waals surface area contributed by atoms with E-state index in [1.165, 1.54) is 25.7 Å². The van der Waals surface area contributed by atoms with Crippen molar-refractivity contribution >= 4 is 21.6 Å². The molecule has 0 unspecified atom stereocenters. The molecule has 0 atom stereocenters. The third-order valence-corrected chi connectivity index (χ3v) is 3.90. The Balaban J connectivity index is 1.87. The summed E-state index contributed by atoms with van der Waals surface area (Å²) >= 11 is 3.49. The molecule has 2 rings (SSSR count). The van der Waals surface area contributed by atoms with E-state index in [1.54, 1.807) is 5.57 Å².